The molecule has 2 rings (SSSR count). The van der Waals surface area contributed by atoms with Gasteiger partial charge < -0.3 is 19.1 Å². The predicted molar refractivity (Wildman–Crippen MR) is 107 cm³/mol. The zero-order chi connectivity index (χ0) is 20.4. The summed E-state index contributed by atoms with van der Waals surface area (Å²) in [7, 11) is 4.48. The summed E-state index contributed by atoms with van der Waals surface area (Å²) in [6, 6.07) is 15.0. The minimum absolute atomic E-state index is 0.130. The number of nitrogens with zero attached hydrogens (tertiary/aromatic N) is 1. The predicted octanol–water partition coefficient (Wildman–Crippen LogP) is 3.31. The van der Waals surface area contributed by atoms with E-state index in [1.807, 2.05) is 30.3 Å². The van der Waals surface area contributed by atoms with Gasteiger partial charge in [0.1, 0.15) is 11.5 Å². The lowest BCUT2D eigenvalue weighted by Crippen LogP contribution is -2.31. The van der Waals surface area contributed by atoms with Gasteiger partial charge in [0.15, 0.2) is 0 Å². The molecule has 0 saturated carbocycles. The van der Waals surface area contributed by atoms with Crippen LogP contribution in [0, 0.1) is 0 Å². The molecule has 0 N–H and O–H groups in total. The summed E-state index contributed by atoms with van der Waals surface area (Å²) in [5.41, 5.74) is 1.70. The van der Waals surface area contributed by atoms with Crippen LogP contribution in [0.1, 0.15) is 17.5 Å². The molecule has 0 atom stereocenters. The van der Waals surface area contributed by atoms with E-state index < -0.39 is 0 Å². The van der Waals surface area contributed by atoms with Crippen molar-refractivity contribution in [3.8, 4) is 11.5 Å². The molecule has 1 amide bonds. The number of rotatable bonds is 9. The fraction of sp³-hybridized carbons (Fsp3) is 0.273. The van der Waals surface area contributed by atoms with Gasteiger partial charge in [0.25, 0.3) is 0 Å². The van der Waals surface area contributed by atoms with Crippen molar-refractivity contribution in [2.45, 2.75) is 13.0 Å². The van der Waals surface area contributed by atoms with Gasteiger partial charge in [0.05, 0.1) is 27.8 Å². The molecule has 0 bridgehead atoms. The number of esters is 1. The second kappa shape index (κ2) is 10.8. The Balaban J connectivity index is 2.18. The molecule has 0 unspecified atom stereocenters. The molecule has 28 heavy (non-hydrogen) atoms. The average Bonchev–Trinajstić information content (AvgIpc) is 2.74. The molecule has 0 fully saturated rings. The molecule has 0 radical (unpaired) electrons. The van der Waals surface area contributed by atoms with Crippen LogP contribution in [0.15, 0.2) is 54.6 Å². The van der Waals surface area contributed by atoms with Gasteiger partial charge in [-0.15, -0.1) is 0 Å². The van der Waals surface area contributed by atoms with Crippen molar-refractivity contribution in [1.82, 2.24) is 4.90 Å². The first-order valence-corrected chi connectivity index (χ1v) is 8.87. The third-order valence-corrected chi connectivity index (χ3v) is 4.18. The number of hydrogen-bond donors (Lipinski definition) is 0. The second-order valence-electron chi connectivity index (χ2n) is 6.01. The van der Waals surface area contributed by atoms with Crippen molar-refractivity contribution in [2.24, 2.45) is 0 Å². The van der Waals surface area contributed by atoms with Crippen molar-refractivity contribution in [1.29, 1.82) is 0 Å². The molecule has 6 nitrogen and oxygen atoms in total. The maximum atomic E-state index is 12.8. The van der Waals surface area contributed by atoms with Gasteiger partial charge in [0, 0.05) is 24.7 Å². The van der Waals surface area contributed by atoms with Crippen LogP contribution in [0.3, 0.4) is 0 Å². The molecular formula is C22H25NO5. The van der Waals surface area contributed by atoms with E-state index in [4.69, 9.17) is 14.2 Å². The van der Waals surface area contributed by atoms with E-state index >= 15 is 0 Å². The topological polar surface area (TPSA) is 65.1 Å². The van der Waals surface area contributed by atoms with Gasteiger partial charge in [-0.1, -0.05) is 30.3 Å². The normalized spacial score (nSPS) is 10.5. The van der Waals surface area contributed by atoms with E-state index in [-0.39, 0.29) is 24.8 Å². The zero-order valence-corrected chi connectivity index (χ0v) is 16.4. The molecule has 0 aliphatic rings. The fourth-order valence-electron chi connectivity index (χ4n) is 2.64. The highest BCUT2D eigenvalue weighted by molar-refractivity contribution is 5.92. The van der Waals surface area contributed by atoms with E-state index in [0.29, 0.717) is 18.0 Å². The summed E-state index contributed by atoms with van der Waals surface area (Å²) < 4.78 is 15.3. The molecule has 2 aromatic rings. The Labute approximate surface area is 165 Å². The monoisotopic (exact) mass is 383 g/mol. The minimum atomic E-state index is -0.357. The fourth-order valence-corrected chi connectivity index (χ4v) is 2.64. The molecule has 0 aromatic heterocycles. The lowest BCUT2D eigenvalue weighted by molar-refractivity contribution is -0.141. The third kappa shape index (κ3) is 6.16. The maximum absolute atomic E-state index is 12.8. The van der Waals surface area contributed by atoms with E-state index in [2.05, 4.69) is 0 Å². The quantitative estimate of drug-likeness (QED) is 0.491. The smallest absolute Gasteiger partial charge is 0.307 e. The molecule has 148 valence electrons. The van der Waals surface area contributed by atoms with Gasteiger partial charge >= 0.3 is 5.97 Å². The molecule has 0 saturated heterocycles. The van der Waals surface area contributed by atoms with Crippen LogP contribution < -0.4 is 9.47 Å². The molecule has 0 aliphatic carbocycles. The van der Waals surface area contributed by atoms with Crippen LogP contribution >= 0.6 is 0 Å². The van der Waals surface area contributed by atoms with E-state index in [1.54, 1.807) is 43.4 Å². The van der Waals surface area contributed by atoms with Crippen LogP contribution in [-0.2, 0) is 20.9 Å². The van der Waals surface area contributed by atoms with E-state index in [9.17, 15) is 9.59 Å². The largest absolute Gasteiger partial charge is 0.497 e. The number of amides is 1. The Morgan fingerprint density at radius 1 is 1.00 bits per heavy atom. The number of benzene rings is 2. The molecule has 0 heterocycles. The van der Waals surface area contributed by atoms with Crippen LogP contribution in [0.25, 0.3) is 6.08 Å². The van der Waals surface area contributed by atoms with Crippen molar-refractivity contribution >= 4 is 18.0 Å². The van der Waals surface area contributed by atoms with Crippen LogP contribution in [0.4, 0.5) is 0 Å². The summed E-state index contributed by atoms with van der Waals surface area (Å²) >= 11 is 0. The third-order valence-electron chi connectivity index (χ3n) is 4.18. The number of hydrogen-bond acceptors (Lipinski definition) is 5. The highest BCUT2D eigenvalue weighted by Crippen LogP contribution is 2.25. The number of carbonyl (C=O) groups is 2. The van der Waals surface area contributed by atoms with E-state index in [0.717, 1.165) is 11.1 Å². The second-order valence-corrected chi connectivity index (χ2v) is 6.01. The highest BCUT2D eigenvalue weighted by Gasteiger charge is 2.14. The SMILES string of the molecule is COC(=O)CCN(Cc1ccccc1)C(=O)/C=C/c1cc(OC)ccc1OC. The van der Waals surface area contributed by atoms with Gasteiger partial charge in [0.2, 0.25) is 5.91 Å². The Morgan fingerprint density at radius 3 is 2.39 bits per heavy atom. The van der Waals surface area contributed by atoms with Gasteiger partial charge in [-0.3, -0.25) is 9.59 Å². The zero-order valence-electron chi connectivity index (χ0n) is 16.4. The highest BCUT2D eigenvalue weighted by atomic mass is 16.5. The van der Waals surface area contributed by atoms with Gasteiger partial charge in [-0.2, -0.15) is 0 Å². The van der Waals surface area contributed by atoms with Crippen molar-refractivity contribution < 1.29 is 23.8 Å². The molecule has 6 heteroatoms. The lowest BCUT2D eigenvalue weighted by Gasteiger charge is -2.21. The Hall–Kier alpha value is -3.28. The van der Waals surface area contributed by atoms with Crippen molar-refractivity contribution in [3.63, 3.8) is 0 Å². The molecule has 2 aromatic carbocycles. The number of methoxy groups -OCH3 is 3. The van der Waals surface area contributed by atoms with Crippen molar-refractivity contribution in [3.05, 3.63) is 65.7 Å². The Kier molecular flexibility index (Phi) is 8.09. The average molecular weight is 383 g/mol. The summed E-state index contributed by atoms with van der Waals surface area (Å²) in [6.07, 6.45) is 3.28. The summed E-state index contributed by atoms with van der Waals surface area (Å²) in [6.45, 7) is 0.663. The van der Waals surface area contributed by atoms with Crippen LogP contribution in [-0.4, -0.2) is 44.7 Å². The van der Waals surface area contributed by atoms with Crippen LogP contribution in [0.2, 0.25) is 0 Å². The Bertz CT molecular complexity index is 817. The van der Waals surface area contributed by atoms with Gasteiger partial charge in [-0.05, 0) is 29.8 Å². The maximum Gasteiger partial charge on any atom is 0.307 e. The minimum Gasteiger partial charge on any atom is -0.497 e. The first-order valence-electron chi connectivity index (χ1n) is 8.87. The van der Waals surface area contributed by atoms with Gasteiger partial charge in [-0.25, -0.2) is 0 Å². The molecular weight excluding hydrogens is 358 g/mol. The summed E-state index contributed by atoms with van der Waals surface area (Å²) in [4.78, 5) is 25.9. The van der Waals surface area contributed by atoms with Crippen molar-refractivity contribution in [2.75, 3.05) is 27.9 Å². The Morgan fingerprint density at radius 2 is 1.75 bits per heavy atom. The lowest BCUT2D eigenvalue weighted by atomic mass is 10.1. The summed E-state index contributed by atoms with van der Waals surface area (Å²) in [5.74, 6) is 0.732. The summed E-state index contributed by atoms with van der Waals surface area (Å²) in [5, 5.41) is 0. The first-order chi connectivity index (χ1) is 13.6. The number of carbonyl (C=O) groups excluding carboxylic acids is 2. The molecule has 0 spiro atoms. The number of ether oxygens (including phenoxy) is 3. The molecule has 0 aliphatic heterocycles. The standard InChI is InChI=1S/C22H25NO5/c1-26-19-10-11-20(27-2)18(15-19)9-12-21(24)23(14-13-22(25)28-3)16-17-7-5-4-6-8-17/h4-12,15H,13-14,16H2,1-3H3/b12-9+. The van der Waals surface area contributed by atoms with E-state index in [1.165, 1.54) is 13.2 Å². The van der Waals surface area contributed by atoms with Crippen LogP contribution in [0.5, 0.6) is 11.5 Å². The first kappa shape index (κ1) is 21.0.